The van der Waals surface area contributed by atoms with Crippen molar-refractivity contribution in [1.29, 1.82) is 0 Å². The van der Waals surface area contributed by atoms with Gasteiger partial charge in [0.2, 0.25) is 10.0 Å². The number of cyclic esters (lactones) is 1. The highest BCUT2D eigenvalue weighted by molar-refractivity contribution is 7.92. The number of hydrogen-bond donors (Lipinski definition) is 4. The number of fused-ring (bicyclic) bond motifs is 2. The standard InChI is InChI=1S/C45H51N3O6S/c1-2-3-4-5-6-7-8-9-10-11-12-13-14-15-28-55(52,53)48-39-27-19-23-33-38(30-47-42(33)39)45(37-29-46-41-32(37)22-18-25-35(41)43(49)50)36-26-17-21-31-20-16-24-34(40(31)36)44(51)54-45/h16-27,29-30,46-48H,2-15,28H2,1H3,(H,49,50)/t45-/m0/s1. The second kappa shape index (κ2) is 16.7. The Morgan fingerprint density at radius 2 is 1.24 bits per heavy atom. The average Bonchev–Trinajstić information content (AvgIpc) is 3.82. The lowest BCUT2D eigenvalue weighted by atomic mass is 9.75. The zero-order valence-electron chi connectivity index (χ0n) is 31.6. The van der Waals surface area contributed by atoms with Crippen molar-refractivity contribution >= 4 is 60.2 Å². The Morgan fingerprint density at radius 1 is 0.691 bits per heavy atom. The molecule has 0 spiro atoms. The number of carbonyl (C=O) groups is 2. The summed E-state index contributed by atoms with van der Waals surface area (Å²) in [5, 5.41) is 12.8. The number of aromatic amines is 2. The maximum atomic E-state index is 14.0. The SMILES string of the molecule is CCCCCCCCCCCCCCCCS(=O)(=O)Nc1cccc2c([C@]3(c4c[nH]c5c(C(=O)O)cccc45)OC(=O)c4cccc5cccc3c45)c[nH]c12. The van der Waals surface area contributed by atoms with Crippen LogP contribution in [0.25, 0.3) is 32.6 Å². The highest BCUT2D eigenvalue weighted by Gasteiger charge is 2.48. The van der Waals surface area contributed by atoms with Crippen molar-refractivity contribution in [3.05, 3.63) is 113 Å². The van der Waals surface area contributed by atoms with E-state index in [4.69, 9.17) is 4.74 Å². The number of aromatic carboxylic acids is 1. The molecule has 0 bridgehead atoms. The fourth-order valence-electron chi connectivity index (χ4n) is 8.46. The molecule has 1 aliphatic rings. The number of carbonyl (C=O) groups excluding carboxylic acids is 1. The van der Waals surface area contributed by atoms with Crippen LogP contribution in [0.1, 0.15) is 134 Å². The van der Waals surface area contributed by atoms with Crippen LogP contribution < -0.4 is 4.72 Å². The molecule has 288 valence electrons. The van der Waals surface area contributed by atoms with E-state index in [0.717, 1.165) is 30.0 Å². The van der Waals surface area contributed by atoms with Gasteiger partial charge in [0.05, 0.1) is 33.6 Å². The number of carboxylic acid groups (broad SMARTS) is 1. The number of ether oxygens (including phenoxy) is 1. The third-order valence-electron chi connectivity index (χ3n) is 11.2. The predicted octanol–water partition coefficient (Wildman–Crippen LogP) is 11.2. The molecule has 0 saturated heterocycles. The van der Waals surface area contributed by atoms with Gasteiger partial charge in [-0.2, -0.15) is 0 Å². The van der Waals surface area contributed by atoms with Crippen molar-refractivity contribution in [2.75, 3.05) is 10.5 Å². The summed E-state index contributed by atoms with van der Waals surface area (Å²) in [6, 6.07) is 21.7. The van der Waals surface area contributed by atoms with E-state index in [1.165, 1.54) is 70.3 Å². The van der Waals surface area contributed by atoms with E-state index in [2.05, 4.69) is 21.6 Å². The van der Waals surface area contributed by atoms with Crippen LogP contribution in [-0.2, 0) is 20.4 Å². The molecule has 10 heteroatoms. The van der Waals surface area contributed by atoms with Crippen LogP contribution in [0.3, 0.4) is 0 Å². The number of aromatic nitrogens is 2. The first-order valence-corrected chi connectivity index (χ1v) is 21.6. The van der Waals surface area contributed by atoms with Crippen LogP contribution >= 0.6 is 0 Å². The molecular formula is C45H51N3O6S. The van der Waals surface area contributed by atoms with Crippen LogP contribution in [-0.4, -0.2) is 41.2 Å². The Kier molecular flexibility index (Phi) is 11.6. The number of para-hydroxylation sites is 2. The Hall–Kier alpha value is -5.09. The summed E-state index contributed by atoms with van der Waals surface area (Å²) in [6.45, 7) is 2.25. The summed E-state index contributed by atoms with van der Waals surface area (Å²) in [4.78, 5) is 32.7. The molecule has 7 rings (SSSR count). The summed E-state index contributed by atoms with van der Waals surface area (Å²) in [5.74, 6) is -1.58. The topological polar surface area (TPSA) is 141 Å². The number of rotatable bonds is 20. The van der Waals surface area contributed by atoms with Gasteiger partial charge in [0.1, 0.15) is 0 Å². The van der Waals surface area contributed by atoms with Crippen molar-refractivity contribution < 1.29 is 27.9 Å². The van der Waals surface area contributed by atoms with Crippen LogP contribution in [0.2, 0.25) is 0 Å². The van der Waals surface area contributed by atoms with Gasteiger partial charge in [0.25, 0.3) is 0 Å². The number of benzene rings is 4. The molecule has 3 heterocycles. The van der Waals surface area contributed by atoms with Gasteiger partial charge in [-0.15, -0.1) is 0 Å². The predicted molar refractivity (Wildman–Crippen MR) is 221 cm³/mol. The van der Waals surface area contributed by atoms with Gasteiger partial charge in [-0.1, -0.05) is 145 Å². The Balaban J connectivity index is 1.11. The first-order chi connectivity index (χ1) is 26.7. The van der Waals surface area contributed by atoms with E-state index in [1.54, 1.807) is 36.7 Å². The van der Waals surface area contributed by atoms with Gasteiger partial charge < -0.3 is 19.8 Å². The van der Waals surface area contributed by atoms with Gasteiger partial charge in [0.15, 0.2) is 5.60 Å². The van der Waals surface area contributed by atoms with Crippen molar-refractivity contribution in [3.8, 4) is 0 Å². The van der Waals surface area contributed by atoms with Crippen LogP contribution in [0.4, 0.5) is 5.69 Å². The molecule has 2 aromatic heterocycles. The van der Waals surface area contributed by atoms with Gasteiger partial charge in [-0.05, 0) is 30.0 Å². The molecule has 0 amide bonds. The van der Waals surface area contributed by atoms with E-state index < -0.39 is 27.6 Å². The van der Waals surface area contributed by atoms with Crippen LogP contribution in [0, 0.1) is 0 Å². The molecule has 4 N–H and O–H groups in total. The summed E-state index contributed by atoms with van der Waals surface area (Å²) in [7, 11) is -3.66. The van der Waals surface area contributed by atoms with E-state index in [1.807, 2.05) is 42.5 Å². The van der Waals surface area contributed by atoms with Gasteiger partial charge in [-0.25, -0.2) is 18.0 Å². The van der Waals surface area contributed by atoms with Crippen molar-refractivity contribution in [2.45, 2.75) is 102 Å². The lowest BCUT2D eigenvalue weighted by molar-refractivity contribution is 0.0135. The maximum absolute atomic E-state index is 14.0. The van der Waals surface area contributed by atoms with E-state index >= 15 is 0 Å². The van der Waals surface area contributed by atoms with Gasteiger partial charge in [-0.3, -0.25) is 4.72 Å². The first kappa shape index (κ1) is 38.2. The van der Waals surface area contributed by atoms with Crippen molar-refractivity contribution in [2.24, 2.45) is 0 Å². The summed E-state index contributed by atoms with van der Waals surface area (Å²) < 4.78 is 36.3. The lowest BCUT2D eigenvalue weighted by Gasteiger charge is -2.38. The largest absolute Gasteiger partial charge is 0.478 e. The average molecular weight is 762 g/mol. The monoisotopic (exact) mass is 761 g/mol. The van der Waals surface area contributed by atoms with E-state index in [-0.39, 0.29) is 11.3 Å². The maximum Gasteiger partial charge on any atom is 0.340 e. The van der Waals surface area contributed by atoms with Crippen LogP contribution in [0.5, 0.6) is 0 Å². The molecule has 6 aromatic rings. The lowest BCUT2D eigenvalue weighted by Crippen LogP contribution is -2.38. The number of anilines is 1. The summed E-state index contributed by atoms with van der Waals surface area (Å²) in [5.41, 5.74) is 2.23. The highest BCUT2D eigenvalue weighted by atomic mass is 32.2. The number of nitrogens with one attached hydrogen (secondary N) is 3. The molecule has 55 heavy (non-hydrogen) atoms. The molecule has 0 unspecified atom stereocenters. The van der Waals surface area contributed by atoms with Crippen molar-refractivity contribution in [3.63, 3.8) is 0 Å². The number of carboxylic acids is 1. The molecule has 0 saturated carbocycles. The second-order valence-electron chi connectivity index (χ2n) is 15.0. The highest BCUT2D eigenvalue weighted by Crippen LogP contribution is 2.52. The zero-order chi connectivity index (χ0) is 38.4. The minimum absolute atomic E-state index is 0.0244. The molecule has 9 nitrogen and oxygen atoms in total. The summed E-state index contributed by atoms with van der Waals surface area (Å²) in [6.07, 6.45) is 20.2. The molecule has 0 fully saturated rings. The Bertz CT molecular complexity index is 2420. The quantitative estimate of drug-likeness (QED) is 0.0451. The third-order valence-corrected chi connectivity index (χ3v) is 12.6. The number of hydrogen-bond acceptors (Lipinski definition) is 5. The minimum atomic E-state index is -3.66. The zero-order valence-corrected chi connectivity index (χ0v) is 32.4. The number of H-pyrrole nitrogens is 2. The molecular weight excluding hydrogens is 711 g/mol. The van der Waals surface area contributed by atoms with E-state index in [0.29, 0.717) is 56.2 Å². The molecule has 1 aliphatic heterocycles. The fraction of sp³-hybridized carbons (Fsp3) is 0.378. The normalized spacial score (nSPS) is 15.5. The molecule has 1 atom stereocenters. The van der Waals surface area contributed by atoms with Crippen LogP contribution in [0.15, 0.2) is 85.2 Å². The fourth-order valence-corrected chi connectivity index (χ4v) is 9.65. The number of sulfonamides is 1. The van der Waals surface area contributed by atoms with Gasteiger partial charge in [0, 0.05) is 45.2 Å². The smallest absolute Gasteiger partial charge is 0.340 e. The summed E-state index contributed by atoms with van der Waals surface area (Å²) >= 11 is 0. The third kappa shape index (κ3) is 7.74. The second-order valence-corrected chi connectivity index (χ2v) is 16.8. The molecule has 0 aliphatic carbocycles. The van der Waals surface area contributed by atoms with E-state index in [9.17, 15) is 23.1 Å². The Labute approximate surface area is 322 Å². The minimum Gasteiger partial charge on any atom is -0.478 e. The number of esters is 1. The molecule has 0 radical (unpaired) electrons. The van der Waals surface area contributed by atoms with Crippen molar-refractivity contribution in [1.82, 2.24) is 9.97 Å². The van der Waals surface area contributed by atoms with Gasteiger partial charge >= 0.3 is 11.9 Å². The Morgan fingerprint density at radius 3 is 1.87 bits per heavy atom. The first-order valence-electron chi connectivity index (χ1n) is 20.0. The molecule has 4 aromatic carbocycles. The number of unbranched alkanes of at least 4 members (excludes halogenated alkanes) is 13.